The van der Waals surface area contributed by atoms with Crippen LogP contribution in [0.4, 0.5) is 0 Å². The highest BCUT2D eigenvalue weighted by Gasteiger charge is 2.05. The zero-order valence-electron chi connectivity index (χ0n) is 16.0. The predicted molar refractivity (Wildman–Crippen MR) is 125 cm³/mol. The summed E-state index contributed by atoms with van der Waals surface area (Å²) in [5, 5.41) is 9.95. The average molecular weight is 517 g/mol. The lowest BCUT2D eigenvalue weighted by Gasteiger charge is -2.12. The first-order chi connectivity index (χ1) is 13.1. The van der Waals surface area contributed by atoms with Crippen molar-refractivity contribution in [1.82, 2.24) is 16.0 Å². The highest BCUT2D eigenvalue weighted by atomic mass is 127. The van der Waals surface area contributed by atoms with Gasteiger partial charge in [-0.15, -0.1) is 24.0 Å². The molecule has 0 saturated carbocycles. The summed E-state index contributed by atoms with van der Waals surface area (Å²) in [7, 11) is 1.59. The lowest BCUT2D eigenvalue weighted by Crippen LogP contribution is -2.41. The minimum atomic E-state index is -0.125. The van der Waals surface area contributed by atoms with Crippen LogP contribution < -0.4 is 20.7 Å². The van der Waals surface area contributed by atoms with Gasteiger partial charge in [-0.25, -0.2) is 4.99 Å². The second-order valence-electron chi connectivity index (χ2n) is 5.74. The number of rotatable bonds is 8. The molecule has 0 radical (unpaired) electrons. The third-order valence-electron chi connectivity index (χ3n) is 3.71. The van der Waals surface area contributed by atoms with Gasteiger partial charge < -0.3 is 20.7 Å². The summed E-state index contributed by atoms with van der Waals surface area (Å²) in [4.78, 5) is 16.6. The predicted octanol–water partition coefficient (Wildman–Crippen LogP) is 3.45. The van der Waals surface area contributed by atoms with Gasteiger partial charge in [0.1, 0.15) is 5.75 Å². The number of amides is 1. The molecule has 0 fully saturated rings. The summed E-state index contributed by atoms with van der Waals surface area (Å²) >= 11 is 5.99. The summed E-state index contributed by atoms with van der Waals surface area (Å²) in [5.74, 6) is 1.29. The molecule has 8 heteroatoms. The minimum Gasteiger partial charge on any atom is -0.497 e. The molecular weight excluding hydrogens is 491 g/mol. The highest BCUT2D eigenvalue weighted by molar-refractivity contribution is 14.0. The third-order valence-corrected chi connectivity index (χ3v) is 3.94. The van der Waals surface area contributed by atoms with E-state index in [1.165, 1.54) is 0 Å². The molecule has 0 aliphatic rings. The molecule has 0 unspecified atom stereocenters. The molecule has 2 aromatic rings. The molecule has 0 aliphatic carbocycles. The van der Waals surface area contributed by atoms with Gasteiger partial charge in [-0.3, -0.25) is 4.79 Å². The lowest BCUT2D eigenvalue weighted by molar-refractivity contribution is 0.0954. The normalized spacial score (nSPS) is 10.6. The molecule has 2 rings (SSSR count). The molecule has 6 nitrogen and oxygen atoms in total. The van der Waals surface area contributed by atoms with Crippen LogP contribution in [0.1, 0.15) is 22.8 Å². The van der Waals surface area contributed by atoms with E-state index in [0.29, 0.717) is 36.2 Å². The summed E-state index contributed by atoms with van der Waals surface area (Å²) in [6, 6.07) is 14.6. The van der Waals surface area contributed by atoms with Gasteiger partial charge in [-0.2, -0.15) is 0 Å². The fraction of sp³-hybridized carbons (Fsp3) is 0.300. The quantitative estimate of drug-likeness (QED) is 0.217. The zero-order chi connectivity index (χ0) is 19.5. The van der Waals surface area contributed by atoms with Crippen molar-refractivity contribution in [2.24, 2.45) is 4.99 Å². The van der Waals surface area contributed by atoms with E-state index in [2.05, 4.69) is 20.9 Å². The Bertz CT molecular complexity index is 769. The molecule has 0 saturated heterocycles. The van der Waals surface area contributed by atoms with Crippen molar-refractivity contribution in [3.8, 4) is 5.75 Å². The highest BCUT2D eigenvalue weighted by Crippen LogP contribution is 2.12. The molecule has 0 aromatic heterocycles. The first kappa shape index (κ1) is 24.0. The van der Waals surface area contributed by atoms with E-state index < -0.39 is 0 Å². The van der Waals surface area contributed by atoms with Crippen LogP contribution in [0.3, 0.4) is 0 Å². The van der Waals surface area contributed by atoms with Gasteiger partial charge in [-0.1, -0.05) is 23.7 Å². The van der Waals surface area contributed by atoms with E-state index >= 15 is 0 Å². The zero-order valence-corrected chi connectivity index (χ0v) is 19.1. The number of halogens is 2. The molecule has 0 bridgehead atoms. The van der Waals surface area contributed by atoms with Gasteiger partial charge in [0.15, 0.2) is 5.96 Å². The summed E-state index contributed by atoms with van der Waals surface area (Å²) in [5.41, 5.74) is 1.63. The minimum absolute atomic E-state index is 0. The number of nitrogens with zero attached hydrogens (tertiary/aromatic N) is 1. The van der Waals surface area contributed by atoms with Crippen molar-refractivity contribution >= 4 is 47.4 Å². The Morgan fingerprint density at radius 1 is 1.07 bits per heavy atom. The Balaban J connectivity index is 0.00000392. The van der Waals surface area contributed by atoms with Crippen molar-refractivity contribution in [2.75, 3.05) is 26.7 Å². The smallest absolute Gasteiger partial charge is 0.251 e. The molecule has 1 amide bonds. The molecule has 0 aliphatic heterocycles. The molecule has 0 spiro atoms. The maximum absolute atomic E-state index is 12.1. The van der Waals surface area contributed by atoms with Gasteiger partial charge >= 0.3 is 0 Å². The van der Waals surface area contributed by atoms with Gasteiger partial charge in [0.2, 0.25) is 0 Å². The maximum atomic E-state index is 12.1. The standard InChI is InChI=1S/C20H25ClN4O2.HI/c1-3-22-20(25-14-15-5-4-6-17(21)13-15)24-12-11-23-19(26)16-7-9-18(27-2)10-8-16;/h4-10,13H,3,11-12,14H2,1-2H3,(H,23,26)(H2,22,24,25);1H. The number of methoxy groups -OCH3 is 1. The number of ether oxygens (including phenoxy) is 1. The topological polar surface area (TPSA) is 74.8 Å². The Hall–Kier alpha value is -2.00. The Kier molecular flexibility index (Phi) is 11.4. The monoisotopic (exact) mass is 516 g/mol. The molecule has 152 valence electrons. The van der Waals surface area contributed by atoms with Crippen LogP contribution in [0.2, 0.25) is 5.02 Å². The van der Waals surface area contributed by atoms with Crippen LogP contribution in [0.5, 0.6) is 5.75 Å². The van der Waals surface area contributed by atoms with E-state index in [-0.39, 0.29) is 29.9 Å². The largest absolute Gasteiger partial charge is 0.497 e. The van der Waals surface area contributed by atoms with Crippen LogP contribution in [-0.2, 0) is 6.54 Å². The Labute approximate surface area is 188 Å². The number of carbonyl (C=O) groups is 1. The second kappa shape index (κ2) is 13.2. The van der Waals surface area contributed by atoms with Crippen LogP contribution in [0.25, 0.3) is 0 Å². The number of guanidine groups is 1. The van der Waals surface area contributed by atoms with Crippen molar-refractivity contribution in [3.05, 3.63) is 64.7 Å². The second-order valence-corrected chi connectivity index (χ2v) is 6.17. The number of benzene rings is 2. The number of carbonyl (C=O) groups excluding carboxylic acids is 1. The molecule has 0 atom stereocenters. The molecule has 0 heterocycles. The van der Waals surface area contributed by atoms with Crippen LogP contribution >= 0.6 is 35.6 Å². The first-order valence-corrected chi connectivity index (χ1v) is 9.19. The van der Waals surface area contributed by atoms with E-state index in [1.54, 1.807) is 31.4 Å². The van der Waals surface area contributed by atoms with E-state index in [9.17, 15) is 4.79 Å². The van der Waals surface area contributed by atoms with Crippen LogP contribution in [0.15, 0.2) is 53.5 Å². The molecule has 3 N–H and O–H groups in total. The summed E-state index contributed by atoms with van der Waals surface area (Å²) in [6.45, 7) is 4.31. The van der Waals surface area contributed by atoms with Crippen molar-refractivity contribution < 1.29 is 9.53 Å². The van der Waals surface area contributed by atoms with E-state index in [0.717, 1.165) is 17.9 Å². The van der Waals surface area contributed by atoms with E-state index in [1.807, 2.05) is 31.2 Å². The van der Waals surface area contributed by atoms with Crippen molar-refractivity contribution in [2.45, 2.75) is 13.5 Å². The van der Waals surface area contributed by atoms with Gasteiger partial charge in [-0.05, 0) is 48.9 Å². The van der Waals surface area contributed by atoms with Gasteiger partial charge in [0.25, 0.3) is 5.91 Å². The number of hydrogen-bond donors (Lipinski definition) is 3. The third kappa shape index (κ3) is 8.35. The number of aliphatic imine (C=N–C) groups is 1. The van der Waals surface area contributed by atoms with Crippen LogP contribution in [0, 0.1) is 0 Å². The average Bonchev–Trinajstić information content (AvgIpc) is 2.69. The van der Waals surface area contributed by atoms with Gasteiger partial charge in [0, 0.05) is 30.2 Å². The maximum Gasteiger partial charge on any atom is 0.251 e. The molecular formula is C20H26ClIN4O2. The Morgan fingerprint density at radius 3 is 2.43 bits per heavy atom. The number of hydrogen-bond acceptors (Lipinski definition) is 3. The lowest BCUT2D eigenvalue weighted by atomic mass is 10.2. The summed E-state index contributed by atoms with van der Waals surface area (Å²) in [6.07, 6.45) is 0. The van der Waals surface area contributed by atoms with Crippen molar-refractivity contribution in [1.29, 1.82) is 0 Å². The number of nitrogens with one attached hydrogen (secondary N) is 3. The van der Waals surface area contributed by atoms with Crippen molar-refractivity contribution in [3.63, 3.8) is 0 Å². The summed E-state index contributed by atoms with van der Waals surface area (Å²) < 4.78 is 5.09. The molecule has 2 aromatic carbocycles. The Morgan fingerprint density at radius 2 is 1.79 bits per heavy atom. The van der Waals surface area contributed by atoms with Crippen LogP contribution in [-0.4, -0.2) is 38.6 Å². The fourth-order valence-electron chi connectivity index (χ4n) is 2.35. The first-order valence-electron chi connectivity index (χ1n) is 8.81. The SMILES string of the molecule is CCNC(=NCc1cccc(Cl)c1)NCCNC(=O)c1ccc(OC)cc1.I. The van der Waals surface area contributed by atoms with Gasteiger partial charge in [0.05, 0.1) is 13.7 Å². The fourth-order valence-corrected chi connectivity index (χ4v) is 2.56. The molecule has 28 heavy (non-hydrogen) atoms. The van der Waals surface area contributed by atoms with E-state index in [4.69, 9.17) is 16.3 Å².